The van der Waals surface area contributed by atoms with Crippen molar-refractivity contribution in [3.05, 3.63) is 0 Å². The average molecular weight is 172 g/mol. The minimum Gasteiger partial charge on any atom is -0.351 e. The lowest BCUT2D eigenvalue weighted by atomic mass is 11.0. The van der Waals surface area contributed by atoms with Crippen LogP contribution in [0.3, 0.4) is 0 Å². The van der Waals surface area contributed by atoms with Crippen molar-refractivity contribution in [3.63, 3.8) is 0 Å². The summed E-state index contributed by atoms with van der Waals surface area (Å²) in [6, 6.07) is 0. The zero-order chi connectivity index (χ0) is 7.70. The molecule has 9 heavy (non-hydrogen) atoms. The summed E-state index contributed by atoms with van der Waals surface area (Å²) < 4.78 is 0. The van der Waals surface area contributed by atoms with E-state index in [0.717, 1.165) is 6.41 Å². The summed E-state index contributed by atoms with van der Waals surface area (Å²) in [6.07, 6.45) is 0.750. The molecule has 0 aliphatic heterocycles. The molecule has 0 spiro atoms. The van der Waals surface area contributed by atoms with Crippen LogP contribution in [0.5, 0.6) is 0 Å². The molecular formula is C5H11Cl2NO. The van der Waals surface area contributed by atoms with Gasteiger partial charge in [0.25, 0.3) is 0 Å². The highest BCUT2D eigenvalue weighted by Gasteiger charge is 1.68. The topological polar surface area (TPSA) is 20.3 Å². The van der Waals surface area contributed by atoms with Gasteiger partial charge in [0.2, 0.25) is 6.41 Å². The highest BCUT2D eigenvalue weighted by Crippen LogP contribution is 1.75. The SMILES string of the molecule is CN(C)C=O.ClCCCl. The van der Waals surface area contributed by atoms with Gasteiger partial charge in [0.05, 0.1) is 0 Å². The van der Waals surface area contributed by atoms with Crippen molar-refractivity contribution >= 4 is 29.6 Å². The fraction of sp³-hybridized carbons (Fsp3) is 0.800. The van der Waals surface area contributed by atoms with Crippen LogP contribution >= 0.6 is 23.2 Å². The monoisotopic (exact) mass is 171 g/mol. The molecular weight excluding hydrogens is 161 g/mol. The Kier molecular flexibility index (Phi) is 14.3. The third-order valence-electron chi connectivity index (χ3n) is 0.282. The maximum absolute atomic E-state index is 9.43. The van der Waals surface area contributed by atoms with E-state index in [0.29, 0.717) is 11.8 Å². The largest absolute Gasteiger partial charge is 0.351 e. The Morgan fingerprint density at radius 1 is 1.33 bits per heavy atom. The lowest BCUT2D eigenvalue weighted by molar-refractivity contribution is -0.115. The summed E-state index contributed by atoms with van der Waals surface area (Å²) in [7, 11) is 3.38. The van der Waals surface area contributed by atoms with Gasteiger partial charge < -0.3 is 4.90 Å². The van der Waals surface area contributed by atoms with Gasteiger partial charge in [0.15, 0.2) is 0 Å². The smallest absolute Gasteiger partial charge is 0.209 e. The van der Waals surface area contributed by atoms with Gasteiger partial charge in [-0.1, -0.05) is 0 Å². The first kappa shape index (κ1) is 11.8. The van der Waals surface area contributed by atoms with Crippen molar-refractivity contribution in [1.29, 1.82) is 0 Å². The van der Waals surface area contributed by atoms with Crippen LogP contribution in [0.15, 0.2) is 0 Å². The molecule has 0 aromatic heterocycles. The first-order chi connectivity index (χ1) is 4.18. The van der Waals surface area contributed by atoms with E-state index in [4.69, 9.17) is 23.2 Å². The average Bonchev–Trinajstić information content (AvgIpc) is 1.89. The number of amides is 1. The molecule has 0 heterocycles. The molecule has 0 radical (unpaired) electrons. The number of carbonyl (C=O) groups excluding carboxylic acids is 1. The van der Waals surface area contributed by atoms with Crippen molar-refractivity contribution in [2.45, 2.75) is 0 Å². The molecule has 0 atom stereocenters. The van der Waals surface area contributed by atoms with Crippen LogP contribution in [0.2, 0.25) is 0 Å². The minimum absolute atomic E-state index is 0.557. The number of alkyl halides is 2. The first-order valence-corrected chi connectivity index (χ1v) is 3.49. The molecule has 0 saturated carbocycles. The molecule has 0 N–H and O–H groups in total. The summed E-state index contributed by atoms with van der Waals surface area (Å²) in [4.78, 5) is 10.9. The predicted molar refractivity (Wildman–Crippen MR) is 41.2 cm³/mol. The summed E-state index contributed by atoms with van der Waals surface area (Å²) >= 11 is 10.1. The van der Waals surface area contributed by atoms with Crippen LogP contribution in [-0.4, -0.2) is 37.2 Å². The van der Waals surface area contributed by atoms with Crippen LogP contribution < -0.4 is 0 Å². The molecule has 0 rings (SSSR count). The van der Waals surface area contributed by atoms with Crippen molar-refractivity contribution in [2.24, 2.45) is 0 Å². The van der Waals surface area contributed by atoms with Gasteiger partial charge in [-0.15, -0.1) is 23.2 Å². The van der Waals surface area contributed by atoms with Crippen molar-refractivity contribution < 1.29 is 4.79 Å². The lowest BCUT2D eigenvalue weighted by Crippen LogP contribution is -2.06. The van der Waals surface area contributed by atoms with Crippen molar-refractivity contribution in [1.82, 2.24) is 4.90 Å². The second kappa shape index (κ2) is 10.9. The molecule has 0 bridgehead atoms. The number of nitrogens with zero attached hydrogens (tertiary/aromatic N) is 1. The maximum Gasteiger partial charge on any atom is 0.209 e. The second-order valence-electron chi connectivity index (χ2n) is 1.45. The number of hydrogen-bond acceptors (Lipinski definition) is 1. The van der Waals surface area contributed by atoms with Gasteiger partial charge in [0, 0.05) is 25.9 Å². The van der Waals surface area contributed by atoms with Crippen LogP contribution in [0.1, 0.15) is 0 Å². The van der Waals surface area contributed by atoms with Crippen LogP contribution in [0, 0.1) is 0 Å². The molecule has 0 aromatic rings. The Balaban J connectivity index is 0. The second-order valence-corrected chi connectivity index (χ2v) is 2.20. The Labute approximate surface area is 65.7 Å². The highest BCUT2D eigenvalue weighted by atomic mass is 35.5. The molecule has 0 unspecified atom stereocenters. The summed E-state index contributed by atoms with van der Waals surface area (Å²) in [5.41, 5.74) is 0. The van der Waals surface area contributed by atoms with Gasteiger partial charge in [-0.3, -0.25) is 4.79 Å². The molecule has 4 heteroatoms. The Morgan fingerprint density at radius 3 is 1.56 bits per heavy atom. The molecule has 2 nitrogen and oxygen atoms in total. The summed E-state index contributed by atoms with van der Waals surface area (Å²) in [6.45, 7) is 0. The zero-order valence-electron chi connectivity index (χ0n) is 5.60. The maximum atomic E-state index is 9.43. The van der Waals surface area contributed by atoms with E-state index in [1.54, 1.807) is 14.1 Å². The van der Waals surface area contributed by atoms with E-state index in [9.17, 15) is 4.79 Å². The Bertz CT molecular complexity index is 56.9. The molecule has 0 saturated heterocycles. The van der Waals surface area contributed by atoms with Gasteiger partial charge in [-0.2, -0.15) is 0 Å². The minimum atomic E-state index is 0.557. The van der Waals surface area contributed by atoms with E-state index >= 15 is 0 Å². The number of carbonyl (C=O) groups is 1. The van der Waals surface area contributed by atoms with Gasteiger partial charge in [0.1, 0.15) is 0 Å². The van der Waals surface area contributed by atoms with E-state index in [2.05, 4.69) is 0 Å². The van der Waals surface area contributed by atoms with Crippen LogP contribution in [-0.2, 0) is 4.79 Å². The predicted octanol–water partition coefficient (Wildman–Crippen LogP) is 1.17. The Morgan fingerprint density at radius 2 is 1.56 bits per heavy atom. The number of halogens is 2. The van der Waals surface area contributed by atoms with E-state index in [1.807, 2.05) is 0 Å². The van der Waals surface area contributed by atoms with Crippen LogP contribution in [0.4, 0.5) is 0 Å². The van der Waals surface area contributed by atoms with Gasteiger partial charge >= 0.3 is 0 Å². The van der Waals surface area contributed by atoms with E-state index in [1.165, 1.54) is 4.90 Å². The normalized spacial score (nSPS) is 7.11. The number of rotatable bonds is 2. The molecule has 0 aliphatic carbocycles. The van der Waals surface area contributed by atoms with Crippen LogP contribution in [0.25, 0.3) is 0 Å². The number of hydrogen-bond donors (Lipinski definition) is 0. The molecule has 0 fully saturated rings. The van der Waals surface area contributed by atoms with Crippen molar-refractivity contribution in [2.75, 3.05) is 25.9 Å². The third kappa shape index (κ3) is 31.7. The zero-order valence-corrected chi connectivity index (χ0v) is 7.11. The van der Waals surface area contributed by atoms with E-state index < -0.39 is 0 Å². The summed E-state index contributed by atoms with van der Waals surface area (Å²) in [5.74, 6) is 1.11. The molecule has 1 amide bonds. The fourth-order valence-electron chi connectivity index (χ4n) is 0. The van der Waals surface area contributed by atoms with Crippen molar-refractivity contribution in [3.8, 4) is 0 Å². The Hall–Kier alpha value is 0.0500. The summed E-state index contributed by atoms with van der Waals surface area (Å²) in [5, 5.41) is 0. The fourth-order valence-corrected chi connectivity index (χ4v) is 0. The van der Waals surface area contributed by atoms with Gasteiger partial charge in [-0.25, -0.2) is 0 Å². The van der Waals surface area contributed by atoms with E-state index in [-0.39, 0.29) is 0 Å². The first-order valence-electron chi connectivity index (χ1n) is 2.42. The standard InChI is InChI=1S/C3H7NO.C2H4Cl2/c1-4(2)3-5;3-1-2-4/h3H,1-2H3;1-2H2. The molecule has 0 aliphatic rings. The quantitative estimate of drug-likeness (QED) is 0.452. The molecule has 0 aromatic carbocycles. The highest BCUT2D eigenvalue weighted by molar-refractivity contribution is 6.25. The third-order valence-corrected chi connectivity index (χ3v) is 0.854. The van der Waals surface area contributed by atoms with Gasteiger partial charge in [-0.05, 0) is 0 Å². The molecule has 56 valence electrons. The lowest BCUT2D eigenvalue weighted by Gasteiger charge is -1.93.